The fourth-order valence-corrected chi connectivity index (χ4v) is 1.28. The van der Waals surface area contributed by atoms with Gasteiger partial charge in [0.25, 0.3) is 0 Å². The summed E-state index contributed by atoms with van der Waals surface area (Å²) in [6.07, 6.45) is 6.07. The summed E-state index contributed by atoms with van der Waals surface area (Å²) in [4.78, 5) is 12.7. The molecule has 3 aliphatic rings. The number of amidine groups is 1. The highest BCUT2D eigenvalue weighted by molar-refractivity contribution is 6.43. The third-order valence-electron chi connectivity index (χ3n) is 2.07. The highest BCUT2D eigenvalue weighted by Crippen LogP contribution is 2.34. The monoisotopic (exact) mass is 145 g/mol. The number of fused-ring (bicyclic) bond motifs is 1. The van der Waals surface area contributed by atoms with Gasteiger partial charge in [0.05, 0.1) is 12.4 Å². The summed E-state index contributed by atoms with van der Waals surface area (Å²) in [6, 6.07) is 0. The zero-order valence-corrected chi connectivity index (χ0v) is 5.99. The molecule has 0 amide bonds. The molecule has 2 heterocycles. The Morgan fingerprint density at radius 3 is 2.91 bits per heavy atom. The van der Waals surface area contributed by atoms with E-state index in [0.717, 1.165) is 17.2 Å². The number of hydrogen-bond donors (Lipinski definition) is 0. The van der Waals surface area contributed by atoms with Crippen LogP contribution in [0.2, 0.25) is 0 Å². The lowest BCUT2D eigenvalue weighted by molar-refractivity contribution is 1.16. The molecule has 1 fully saturated rings. The van der Waals surface area contributed by atoms with E-state index in [4.69, 9.17) is 0 Å². The summed E-state index contributed by atoms with van der Waals surface area (Å²) in [6.45, 7) is 0. The zero-order valence-electron chi connectivity index (χ0n) is 5.99. The first kappa shape index (κ1) is 5.41. The summed E-state index contributed by atoms with van der Waals surface area (Å²) in [5, 5.41) is 0. The molecule has 3 nitrogen and oxygen atoms in total. The van der Waals surface area contributed by atoms with Crippen LogP contribution in [0, 0.1) is 5.92 Å². The van der Waals surface area contributed by atoms with E-state index >= 15 is 0 Å². The van der Waals surface area contributed by atoms with Crippen molar-refractivity contribution >= 4 is 17.8 Å². The number of rotatable bonds is 1. The highest BCUT2D eigenvalue weighted by atomic mass is 15.0. The first-order valence-corrected chi connectivity index (χ1v) is 3.84. The van der Waals surface area contributed by atoms with Gasteiger partial charge in [-0.25, -0.2) is 9.98 Å². The number of aliphatic imine (C=N–C) groups is 3. The normalized spacial score (nSPS) is 26.4. The standard InChI is InChI=1S/C8H7N3/c1-2-5(1)8-10-6-3-9-4-7(6)11-8/h3-5H,1-2H2. The molecule has 0 radical (unpaired) electrons. The van der Waals surface area contributed by atoms with E-state index in [0.29, 0.717) is 5.92 Å². The fraction of sp³-hybridized carbons (Fsp3) is 0.375. The van der Waals surface area contributed by atoms with Crippen molar-refractivity contribution in [3.05, 3.63) is 11.9 Å². The Hall–Kier alpha value is -1.25. The molecule has 3 heteroatoms. The average Bonchev–Trinajstić information content (AvgIpc) is 2.60. The lowest BCUT2D eigenvalue weighted by Crippen LogP contribution is -1.95. The van der Waals surface area contributed by atoms with Gasteiger partial charge in [-0.15, -0.1) is 0 Å². The van der Waals surface area contributed by atoms with Crippen LogP contribution < -0.4 is 0 Å². The van der Waals surface area contributed by atoms with Crippen molar-refractivity contribution in [2.45, 2.75) is 12.8 Å². The Labute approximate surface area is 64.3 Å². The second-order valence-corrected chi connectivity index (χ2v) is 3.03. The van der Waals surface area contributed by atoms with Crippen LogP contribution in [-0.4, -0.2) is 17.8 Å². The van der Waals surface area contributed by atoms with Crippen LogP contribution in [0.1, 0.15) is 12.8 Å². The van der Waals surface area contributed by atoms with Crippen LogP contribution in [0.3, 0.4) is 0 Å². The Bertz CT molecular complexity index is 329. The van der Waals surface area contributed by atoms with Gasteiger partial charge in [0, 0.05) is 5.92 Å². The summed E-state index contributed by atoms with van der Waals surface area (Å²) in [5.74, 6) is 1.68. The molecule has 3 rings (SSSR count). The number of hydrogen-bond acceptors (Lipinski definition) is 3. The van der Waals surface area contributed by atoms with Crippen LogP contribution in [-0.2, 0) is 0 Å². The molecule has 0 saturated heterocycles. The largest absolute Gasteiger partial charge is 0.260 e. The molecule has 0 aromatic rings. The van der Waals surface area contributed by atoms with Gasteiger partial charge in [0.15, 0.2) is 0 Å². The minimum atomic E-state index is 0.655. The second kappa shape index (κ2) is 1.67. The molecule has 2 aliphatic heterocycles. The molecule has 1 saturated carbocycles. The molecule has 11 heavy (non-hydrogen) atoms. The van der Waals surface area contributed by atoms with Crippen LogP contribution in [0.5, 0.6) is 0 Å². The molecule has 0 bridgehead atoms. The lowest BCUT2D eigenvalue weighted by Gasteiger charge is -1.86. The second-order valence-electron chi connectivity index (χ2n) is 3.03. The molecule has 0 atom stereocenters. The van der Waals surface area contributed by atoms with E-state index in [9.17, 15) is 0 Å². The predicted octanol–water partition coefficient (Wildman–Crippen LogP) is 1.18. The Balaban J connectivity index is 2.01. The maximum Gasteiger partial charge on any atom is 0.133 e. The van der Waals surface area contributed by atoms with Gasteiger partial charge in [-0.05, 0) is 12.8 Å². The Kier molecular flexibility index (Phi) is 0.820. The summed E-state index contributed by atoms with van der Waals surface area (Å²) in [7, 11) is 0. The van der Waals surface area contributed by atoms with Crippen LogP contribution in [0.25, 0.3) is 0 Å². The van der Waals surface area contributed by atoms with Crippen LogP contribution in [0.15, 0.2) is 26.9 Å². The summed E-state index contributed by atoms with van der Waals surface area (Å²) < 4.78 is 0. The van der Waals surface area contributed by atoms with Gasteiger partial charge < -0.3 is 0 Å². The fourth-order valence-electron chi connectivity index (χ4n) is 1.28. The van der Waals surface area contributed by atoms with Gasteiger partial charge >= 0.3 is 0 Å². The van der Waals surface area contributed by atoms with E-state index in [1.165, 1.54) is 12.8 Å². The maximum atomic E-state index is 4.36. The molecule has 0 aromatic heterocycles. The van der Waals surface area contributed by atoms with Crippen LogP contribution >= 0.6 is 0 Å². The third-order valence-corrected chi connectivity index (χ3v) is 2.07. The minimum absolute atomic E-state index is 0.655. The maximum absolute atomic E-state index is 4.36. The summed E-state index contributed by atoms with van der Waals surface area (Å²) in [5.41, 5.74) is 1.90. The first-order chi connectivity index (χ1) is 5.43. The lowest BCUT2D eigenvalue weighted by atomic mass is 10.4. The third kappa shape index (κ3) is 0.707. The topological polar surface area (TPSA) is 37.1 Å². The molecule has 1 aliphatic carbocycles. The van der Waals surface area contributed by atoms with Crippen molar-refractivity contribution in [1.82, 2.24) is 0 Å². The van der Waals surface area contributed by atoms with E-state index < -0.39 is 0 Å². The molecule has 54 valence electrons. The van der Waals surface area contributed by atoms with E-state index in [1.807, 2.05) is 0 Å². The minimum Gasteiger partial charge on any atom is -0.260 e. The molecule has 0 spiro atoms. The van der Waals surface area contributed by atoms with Crippen molar-refractivity contribution in [2.24, 2.45) is 20.9 Å². The van der Waals surface area contributed by atoms with Gasteiger partial charge in [-0.3, -0.25) is 4.99 Å². The smallest absolute Gasteiger partial charge is 0.133 e. The number of allylic oxidation sites excluding steroid dienone is 1. The van der Waals surface area contributed by atoms with Gasteiger partial charge in [-0.2, -0.15) is 0 Å². The molecule has 0 aromatic carbocycles. The quantitative estimate of drug-likeness (QED) is 0.531. The van der Waals surface area contributed by atoms with Crippen molar-refractivity contribution < 1.29 is 0 Å². The molecule has 0 unspecified atom stereocenters. The van der Waals surface area contributed by atoms with Crippen molar-refractivity contribution in [3.8, 4) is 0 Å². The first-order valence-electron chi connectivity index (χ1n) is 3.84. The SMILES string of the molecule is C1=NC=C2N=C(C3CC3)N=C12. The van der Waals surface area contributed by atoms with Crippen molar-refractivity contribution in [2.75, 3.05) is 0 Å². The van der Waals surface area contributed by atoms with E-state index in [-0.39, 0.29) is 0 Å². The van der Waals surface area contributed by atoms with E-state index in [2.05, 4.69) is 15.0 Å². The number of nitrogens with zero attached hydrogens (tertiary/aromatic N) is 3. The van der Waals surface area contributed by atoms with Crippen molar-refractivity contribution in [3.63, 3.8) is 0 Å². The van der Waals surface area contributed by atoms with Gasteiger partial charge in [0.2, 0.25) is 0 Å². The highest BCUT2D eigenvalue weighted by Gasteiger charge is 2.31. The zero-order chi connectivity index (χ0) is 7.26. The molecule has 0 N–H and O–H groups in total. The predicted molar refractivity (Wildman–Crippen MR) is 44.2 cm³/mol. The molecular weight excluding hydrogens is 138 g/mol. The average molecular weight is 145 g/mol. The van der Waals surface area contributed by atoms with Gasteiger partial charge in [-0.1, -0.05) is 0 Å². The van der Waals surface area contributed by atoms with E-state index in [1.54, 1.807) is 12.4 Å². The van der Waals surface area contributed by atoms with Crippen molar-refractivity contribution in [1.29, 1.82) is 0 Å². The van der Waals surface area contributed by atoms with Gasteiger partial charge in [0.1, 0.15) is 17.2 Å². The Morgan fingerprint density at radius 2 is 2.18 bits per heavy atom. The molecular formula is C8H7N3. The summed E-state index contributed by atoms with van der Waals surface area (Å²) >= 11 is 0. The Morgan fingerprint density at radius 1 is 1.27 bits per heavy atom. The van der Waals surface area contributed by atoms with Crippen LogP contribution in [0.4, 0.5) is 0 Å².